The molecule has 0 bridgehead atoms. The zero-order valence-electron chi connectivity index (χ0n) is 9.55. The van der Waals surface area contributed by atoms with Crippen LogP contribution in [0.5, 0.6) is 0 Å². The summed E-state index contributed by atoms with van der Waals surface area (Å²) in [5, 5.41) is 5.58. The first kappa shape index (κ1) is 13.1. The van der Waals surface area contributed by atoms with Gasteiger partial charge in [0.15, 0.2) is 5.78 Å². The van der Waals surface area contributed by atoms with Crippen LogP contribution in [0, 0.1) is 5.92 Å². The van der Waals surface area contributed by atoms with Gasteiger partial charge in [-0.1, -0.05) is 13.8 Å². The van der Waals surface area contributed by atoms with Crippen molar-refractivity contribution in [2.24, 2.45) is 5.92 Å². The molecule has 0 saturated heterocycles. The van der Waals surface area contributed by atoms with Crippen molar-refractivity contribution in [1.29, 1.82) is 0 Å². The summed E-state index contributed by atoms with van der Waals surface area (Å²) in [6.07, 6.45) is 0. The van der Waals surface area contributed by atoms with Crippen molar-refractivity contribution in [3.63, 3.8) is 0 Å². The first-order valence-electron chi connectivity index (χ1n) is 4.88. The third-order valence-corrected chi connectivity index (χ3v) is 2.23. The van der Waals surface area contributed by atoms with Gasteiger partial charge in [0.05, 0.1) is 12.1 Å². The molecule has 1 amide bonds. The summed E-state index contributed by atoms with van der Waals surface area (Å²) >= 11 is 0. The molecule has 86 valence electrons. The summed E-state index contributed by atoms with van der Waals surface area (Å²) in [6, 6.07) is -0.645. The molecule has 0 rings (SSSR count). The number of carbonyl (C=O) groups excluding carboxylic acids is 2. The van der Waals surface area contributed by atoms with Crippen LogP contribution in [0.2, 0.25) is 0 Å². The van der Waals surface area contributed by atoms with Crippen molar-refractivity contribution in [3.8, 4) is 0 Å². The van der Waals surface area contributed by atoms with Gasteiger partial charge in [-0.05, 0) is 26.8 Å². The minimum absolute atomic E-state index is 0. The van der Waals surface area contributed by atoms with Crippen LogP contribution in [0.15, 0.2) is 0 Å². The number of hydrogen-bond donors (Lipinski definition) is 2. The van der Waals surface area contributed by atoms with Crippen molar-refractivity contribution in [3.05, 3.63) is 0 Å². The maximum absolute atomic E-state index is 11.6. The number of nitrogens with one attached hydrogen (secondary N) is 2. The second kappa shape index (κ2) is 5.75. The lowest BCUT2D eigenvalue weighted by Gasteiger charge is -2.21. The average molecular weight is 204 g/mol. The van der Waals surface area contributed by atoms with Gasteiger partial charge in [0.2, 0.25) is 5.91 Å². The number of Topliss-reactive ketones (excluding diaryl/α,β-unsaturated/α-hetero) is 1. The normalized spacial score (nSPS) is 15.0. The number of hydrogen-bond acceptors (Lipinski definition) is 3. The van der Waals surface area contributed by atoms with Gasteiger partial charge in [-0.15, -0.1) is 0 Å². The Hall–Kier alpha value is -0.900. The second-order valence-electron chi connectivity index (χ2n) is 3.85. The molecule has 2 N–H and O–H groups in total. The van der Waals surface area contributed by atoms with Gasteiger partial charge in [-0.3, -0.25) is 9.59 Å². The Morgan fingerprint density at radius 2 is 1.71 bits per heavy atom. The molecule has 2 atom stereocenters. The minimum atomic E-state index is -0.405. The molecule has 0 aliphatic heterocycles. The molecule has 0 aliphatic carbocycles. The monoisotopic (exact) mass is 204 g/mol. The minimum Gasteiger partial charge on any atom is -0.345 e. The highest BCUT2D eigenvalue weighted by Gasteiger charge is 2.22. The van der Waals surface area contributed by atoms with E-state index in [1.807, 2.05) is 13.8 Å². The number of likely N-dealkylation sites (N-methyl/N-ethyl adjacent to an activating group) is 1. The number of carbonyl (C=O) groups is 2. The molecule has 0 saturated carbocycles. The Bertz CT molecular complexity index is 223. The molecule has 14 heavy (non-hydrogen) atoms. The highest BCUT2D eigenvalue weighted by molar-refractivity contribution is 5.89. The van der Waals surface area contributed by atoms with Gasteiger partial charge >= 0.3 is 0 Å². The van der Waals surface area contributed by atoms with E-state index in [1.54, 1.807) is 14.0 Å². The van der Waals surface area contributed by atoms with E-state index in [1.165, 1.54) is 6.92 Å². The second-order valence-corrected chi connectivity index (χ2v) is 3.85. The van der Waals surface area contributed by atoms with Crippen LogP contribution in [0.3, 0.4) is 0 Å². The fraction of sp³-hybridized carbons (Fsp3) is 0.800. The summed E-state index contributed by atoms with van der Waals surface area (Å²) in [7, 11) is 1.74. The van der Waals surface area contributed by atoms with E-state index < -0.39 is 6.04 Å². The molecular formula is C10H24N2O2. The van der Waals surface area contributed by atoms with E-state index >= 15 is 0 Å². The van der Waals surface area contributed by atoms with Crippen LogP contribution in [-0.2, 0) is 9.59 Å². The Balaban J connectivity index is -0.000000845. The lowest BCUT2D eigenvalue weighted by molar-refractivity contribution is -0.128. The lowest BCUT2D eigenvalue weighted by atomic mass is 10.0. The van der Waals surface area contributed by atoms with E-state index in [0.29, 0.717) is 0 Å². The topological polar surface area (TPSA) is 58.2 Å². The van der Waals surface area contributed by atoms with Crippen LogP contribution in [0.4, 0.5) is 0 Å². The predicted molar refractivity (Wildman–Crippen MR) is 60.2 cm³/mol. The van der Waals surface area contributed by atoms with Crippen LogP contribution >= 0.6 is 0 Å². The van der Waals surface area contributed by atoms with Crippen LogP contribution < -0.4 is 10.6 Å². The third-order valence-electron chi connectivity index (χ3n) is 2.23. The lowest BCUT2D eigenvalue weighted by Crippen LogP contribution is -2.50. The third kappa shape index (κ3) is 3.87. The largest absolute Gasteiger partial charge is 0.345 e. The first-order valence-corrected chi connectivity index (χ1v) is 4.88. The summed E-state index contributed by atoms with van der Waals surface area (Å²) in [5.74, 6) is 0.0568. The molecule has 0 aromatic heterocycles. The van der Waals surface area contributed by atoms with Crippen LogP contribution in [-0.4, -0.2) is 30.8 Å². The van der Waals surface area contributed by atoms with Gasteiger partial charge in [0, 0.05) is 2.85 Å². The summed E-state index contributed by atoms with van der Waals surface area (Å²) in [5.41, 5.74) is 0. The maximum atomic E-state index is 11.6. The van der Waals surface area contributed by atoms with E-state index in [2.05, 4.69) is 10.6 Å². The molecule has 0 fully saturated rings. The molecule has 0 unspecified atom stereocenters. The van der Waals surface area contributed by atoms with Gasteiger partial charge in [-0.2, -0.15) is 0 Å². The highest BCUT2D eigenvalue weighted by atomic mass is 16.2. The molecule has 4 nitrogen and oxygen atoms in total. The van der Waals surface area contributed by atoms with Crippen molar-refractivity contribution in [2.75, 3.05) is 7.05 Å². The Labute approximate surface area is 88.4 Å². The number of rotatable bonds is 5. The highest BCUT2D eigenvalue weighted by Crippen LogP contribution is 2.01. The SMILES string of the molecule is CN[C@H](C(=O)N[C@@H](C)C(C)=O)C(C)C.[HH].[HH]. The van der Waals surface area contributed by atoms with Crippen molar-refractivity contribution in [2.45, 2.75) is 39.8 Å². The first-order chi connectivity index (χ1) is 6.40. The zero-order valence-corrected chi connectivity index (χ0v) is 9.55. The molecule has 0 spiro atoms. The van der Waals surface area contributed by atoms with Crippen molar-refractivity contribution in [1.82, 2.24) is 10.6 Å². The smallest absolute Gasteiger partial charge is 0.237 e. The fourth-order valence-electron chi connectivity index (χ4n) is 1.17. The van der Waals surface area contributed by atoms with Gasteiger partial charge in [0.25, 0.3) is 0 Å². The Morgan fingerprint density at radius 1 is 1.21 bits per heavy atom. The van der Waals surface area contributed by atoms with E-state index in [9.17, 15) is 9.59 Å². The molecule has 0 radical (unpaired) electrons. The standard InChI is InChI=1S/C10H20N2O2.2H2/c1-6(2)9(11-5)10(14)12-7(3)8(4)13;;/h6-7,9,11H,1-5H3,(H,12,14);2*1H/t7-,9-;;/m0../s1. The Morgan fingerprint density at radius 3 is 2.00 bits per heavy atom. The fourth-order valence-corrected chi connectivity index (χ4v) is 1.17. The molecule has 4 heteroatoms. The zero-order chi connectivity index (χ0) is 11.3. The van der Waals surface area contributed by atoms with Gasteiger partial charge < -0.3 is 10.6 Å². The van der Waals surface area contributed by atoms with Gasteiger partial charge in [0.1, 0.15) is 0 Å². The van der Waals surface area contributed by atoms with E-state index in [4.69, 9.17) is 0 Å². The van der Waals surface area contributed by atoms with Crippen molar-refractivity contribution < 1.29 is 12.4 Å². The quantitative estimate of drug-likeness (QED) is 0.697. The maximum Gasteiger partial charge on any atom is 0.237 e. The van der Waals surface area contributed by atoms with E-state index in [0.717, 1.165) is 0 Å². The number of ketones is 1. The molecule has 0 aromatic carbocycles. The van der Waals surface area contributed by atoms with Crippen LogP contribution in [0.1, 0.15) is 30.5 Å². The molecule has 0 heterocycles. The van der Waals surface area contributed by atoms with Gasteiger partial charge in [-0.25, -0.2) is 0 Å². The van der Waals surface area contributed by atoms with E-state index in [-0.39, 0.29) is 26.5 Å². The molecular weight excluding hydrogens is 180 g/mol. The van der Waals surface area contributed by atoms with Crippen molar-refractivity contribution >= 4 is 11.7 Å². The van der Waals surface area contributed by atoms with Crippen LogP contribution in [0.25, 0.3) is 0 Å². The number of amides is 1. The summed E-state index contributed by atoms with van der Waals surface area (Å²) in [6.45, 7) is 7.07. The molecule has 0 aliphatic rings. The molecule has 0 aromatic rings. The predicted octanol–water partition coefficient (Wildman–Crippen LogP) is 0.816. The summed E-state index contributed by atoms with van der Waals surface area (Å²) in [4.78, 5) is 22.5. The average Bonchev–Trinajstić information content (AvgIpc) is 2.04. The Kier molecular flexibility index (Phi) is 5.38. The summed E-state index contributed by atoms with van der Waals surface area (Å²) < 4.78 is 0.